The summed E-state index contributed by atoms with van der Waals surface area (Å²) in [6, 6.07) is 0.502. The van der Waals surface area contributed by atoms with Crippen LogP contribution in [0.5, 0.6) is 0 Å². The SMILES string of the molecule is C=C1NC(CC)CO1.CC. The van der Waals surface area contributed by atoms with Gasteiger partial charge in [0.05, 0.1) is 6.04 Å². The van der Waals surface area contributed by atoms with E-state index in [1.54, 1.807) is 0 Å². The van der Waals surface area contributed by atoms with Crippen molar-refractivity contribution in [1.82, 2.24) is 5.32 Å². The van der Waals surface area contributed by atoms with Gasteiger partial charge in [0, 0.05) is 0 Å². The van der Waals surface area contributed by atoms with Crippen molar-refractivity contribution in [3.05, 3.63) is 12.5 Å². The maximum Gasteiger partial charge on any atom is 0.179 e. The van der Waals surface area contributed by atoms with E-state index in [0.29, 0.717) is 6.04 Å². The Hall–Kier alpha value is -0.660. The maximum atomic E-state index is 5.05. The van der Waals surface area contributed by atoms with Gasteiger partial charge in [-0.25, -0.2) is 0 Å². The minimum Gasteiger partial charge on any atom is -0.478 e. The second-order valence-corrected chi connectivity index (χ2v) is 1.98. The van der Waals surface area contributed by atoms with Crippen LogP contribution in [0.2, 0.25) is 0 Å². The van der Waals surface area contributed by atoms with Crippen LogP contribution in [0.1, 0.15) is 27.2 Å². The van der Waals surface area contributed by atoms with Gasteiger partial charge in [-0.3, -0.25) is 0 Å². The van der Waals surface area contributed by atoms with Crippen molar-refractivity contribution in [2.24, 2.45) is 0 Å². The van der Waals surface area contributed by atoms with Crippen molar-refractivity contribution in [1.29, 1.82) is 0 Å². The third-order valence-corrected chi connectivity index (χ3v) is 1.32. The monoisotopic (exact) mass is 143 g/mol. The molecule has 60 valence electrons. The molecule has 0 amide bonds. The highest BCUT2D eigenvalue weighted by molar-refractivity contribution is 4.89. The number of hydrogen-bond acceptors (Lipinski definition) is 2. The molecule has 2 heteroatoms. The first-order valence-electron chi connectivity index (χ1n) is 3.91. The lowest BCUT2D eigenvalue weighted by molar-refractivity contribution is 0.255. The Kier molecular flexibility index (Phi) is 4.81. The topological polar surface area (TPSA) is 21.3 Å². The van der Waals surface area contributed by atoms with E-state index < -0.39 is 0 Å². The predicted molar refractivity (Wildman–Crippen MR) is 43.7 cm³/mol. The molecule has 1 aliphatic heterocycles. The smallest absolute Gasteiger partial charge is 0.179 e. The zero-order valence-corrected chi connectivity index (χ0v) is 7.11. The highest BCUT2D eigenvalue weighted by atomic mass is 16.5. The standard InChI is InChI=1S/C6H11NO.C2H6/c1-3-6-4-8-5(2)7-6;1-2/h6-7H,2-4H2,1H3;1-2H3. The van der Waals surface area contributed by atoms with Crippen LogP contribution < -0.4 is 5.32 Å². The van der Waals surface area contributed by atoms with E-state index in [4.69, 9.17) is 4.74 Å². The van der Waals surface area contributed by atoms with E-state index in [9.17, 15) is 0 Å². The summed E-state index contributed by atoms with van der Waals surface area (Å²) >= 11 is 0. The van der Waals surface area contributed by atoms with E-state index in [-0.39, 0.29) is 0 Å². The van der Waals surface area contributed by atoms with E-state index in [1.807, 2.05) is 13.8 Å². The minimum absolute atomic E-state index is 0.502. The minimum atomic E-state index is 0.502. The van der Waals surface area contributed by atoms with Crippen LogP contribution in [0, 0.1) is 0 Å². The van der Waals surface area contributed by atoms with Crippen molar-refractivity contribution in [3.63, 3.8) is 0 Å². The fourth-order valence-electron chi connectivity index (χ4n) is 0.732. The van der Waals surface area contributed by atoms with Crippen LogP contribution in [-0.4, -0.2) is 12.6 Å². The van der Waals surface area contributed by atoms with Crippen LogP contribution in [0.25, 0.3) is 0 Å². The molecule has 1 aliphatic rings. The summed E-state index contributed by atoms with van der Waals surface area (Å²) < 4.78 is 5.05. The lowest BCUT2D eigenvalue weighted by atomic mass is 10.3. The highest BCUT2D eigenvalue weighted by Crippen LogP contribution is 2.05. The Balaban J connectivity index is 0.000000371. The van der Waals surface area contributed by atoms with E-state index in [0.717, 1.165) is 18.9 Å². The molecule has 0 aromatic carbocycles. The van der Waals surface area contributed by atoms with Gasteiger partial charge in [-0.05, 0) is 13.0 Å². The summed E-state index contributed by atoms with van der Waals surface area (Å²) in [5, 5.41) is 3.09. The third kappa shape index (κ3) is 2.76. The van der Waals surface area contributed by atoms with Gasteiger partial charge in [0.15, 0.2) is 5.88 Å². The molecule has 1 saturated heterocycles. The van der Waals surface area contributed by atoms with Crippen molar-refractivity contribution in [3.8, 4) is 0 Å². The summed E-state index contributed by atoms with van der Waals surface area (Å²) in [7, 11) is 0. The molecule has 0 saturated carbocycles. The zero-order valence-electron chi connectivity index (χ0n) is 7.11. The Morgan fingerprint density at radius 3 is 2.50 bits per heavy atom. The predicted octanol–water partition coefficient (Wildman–Crippen LogP) is 1.88. The molecule has 0 spiro atoms. The first-order chi connectivity index (χ1) is 4.83. The van der Waals surface area contributed by atoms with Crippen LogP contribution in [0.3, 0.4) is 0 Å². The molecule has 0 aliphatic carbocycles. The molecule has 0 radical (unpaired) electrons. The first kappa shape index (κ1) is 9.34. The molecule has 1 unspecified atom stereocenters. The van der Waals surface area contributed by atoms with E-state index in [1.165, 1.54) is 0 Å². The second kappa shape index (κ2) is 5.15. The molecular weight excluding hydrogens is 126 g/mol. The molecular formula is C8H17NO. The summed E-state index contributed by atoms with van der Waals surface area (Å²) in [5.41, 5.74) is 0. The Morgan fingerprint density at radius 1 is 1.70 bits per heavy atom. The van der Waals surface area contributed by atoms with Gasteiger partial charge < -0.3 is 10.1 Å². The van der Waals surface area contributed by atoms with Gasteiger partial charge in [0.2, 0.25) is 0 Å². The van der Waals surface area contributed by atoms with Crippen molar-refractivity contribution in [2.75, 3.05) is 6.61 Å². The van der Waals surface area contributed by atoms with Crippen molar-refractivity contribution in [2.45, 2.75) is 33.2 Å². The molecule has 0 aromatic rings. The van der Waals surface area contributed by atoms with Gasteiger partial charge in [-0.15, -0.1) is 0 Å². The molecule has 1 atom stereocenters. The van der Waals surface area contributed by atoms with Crippen molar-refractivity contribution >= 4 is 0 Å². The van der Waals surface area contributed by atoms with Gasteiger partial charge in [0.25, 0.3) is 0 Å². The molecule has 0 bridgehead atoms. The van der Waals surface area contributed by atoms with Crippen LogP contribution in [-0.2, 0) is 4.74 Å². The summed E-state index contributed by atoms with van der Waals surface area (Å²) in [6.07, 6.45) is 1.11. The molecule has 10 heavy (non-hydrogen) atoms. The number of rotatable bonds is 1. The average Bonchev–Trinajstić information content (AvgIpc) is 2.40. The van der Waals surface area contributed by atoms with Gasteiger partial charge in [0.1, 0.15) is 6.61 Å². The van der Waals surface area contributed by atoms with E-state index in [2.05, 4.69) is 18.8 Å². The van der Waals surface area contributed by atoms with Gasteiger partial charge in [-0.1, -0.05) is 20.8 Å². The third-order valence-electron chi connectivity index (χ3n) is 1.32. The Morgan fingerprint density at radius 2 is 2.30 bits per heavy atom. The lowest BCUT2D eigenvalue weighted by Crippen LogP contribution is -2.20. The quantitative estimate of drug-likeness (QED) is 0.605. The molecule has 1 fully saturated rings. The molecule has 1 N–H and O–H groups in total. The molecule has 1 rings (SSSR count). The highest BCUT2D eigenvalue weighted by Gasteiger charge is 2.14. The van der Waals surface area contributed by atoms with E-state index >= 15 is 0 Å². The maximum absolute atomic E-state index is 5.05. The van der Waals surface area contributed by atoms with Crippen LogP contribution >= 0.6 is 0 Å². The first-order valence-corrected chi connectivity index (χ1v) is 3.91. The fourth-order valence-corrected chi connectivity index (χ4v) is 0.732. The van der Waals surface area contributed by atoms with Gasteiger partial charge >= 0.3 is 0 Å². The zero-order chi connectivity index (χ0) is 7.98. The average molecular weight is 143 g/mol. The number of ether oxygens (including phenoxy) is 1. The number of nitrogens with one attached hydrogen (secondary N) is 1. The summed E-state index contributed by atoms with van der Waals surface area (Å²) in [5.74, 6) is 0.719. The molecule has 2 nitrogen and oxygen atoms in total. The second-order valence-electron chi connectivity index (χ2n) is 1.98. The Labute approximate surface area is 63.3 Å². The summed E-state index contributed by atoms with van der Waals surface area (Å²) in [6.45, 7) is 10.5. The lowest BCUT2D eigenvalue weighted by Gasteiger charge is -1.99. The molecule has 0 aromatic heterocycles. The van der Waals surface area contributed by atoms with Gasteiger partial charge in [-0.2, -0.15) is 0 Å². The van der Waals surface area contributed by atoms with Crippen LogP contribution in [0.15, 0.2) is 12.5 Å². The Bertz CT molecular complexity index is 101. The van der Waals surface area contributed by atoms with Crippen LogP contribution in [0.4, 0.5) is 0 Å². The normalized spacial score (nSPS) is 22.3. The summed E-state index contributed by atoms with van der Waals surface area (Å²) in [4.78, 5) is 0. The largest absolute Gasteiger partial charge is 0.478 e. The molecule has 1 heterocycles. The number of hydrogen-bond donors (Lipinski definition) is 1. The van der Waals surface area contributed by atoms with Crippen molar-refractivity contribution < 1.29 is 4.74 Å². The fraction of sp³-hybridized carbons (Fsp3) is 0.750.